The van der Waals surface area contributed by atoms with Crippen LogP contribution in [0.3, 0.4) is 0 Å². The summed E-state index contributed by atoms with van der Waals surface area (Å²) in [6.07, 6.45) is 3.71. The number of nitrogens with two attached hydrogens (primary N) is 1. The van der Waals surface area contributed by atoms with Gasteiger partial charge in [-0.15, -0.1) is 0 Å². The number of benzene rings is 1. The SMILES string of the molecule is CC1(C)[C@@H]2CCC1(C)[C@@H](N1Cc3c(N)cccc3C1=O)C2. The minimum atomic E-state index is 0.187. The van der Waals surface area contributed by atoms with Gasteiger partial charge >= 0.3 is 0 Å². The van der Waals surface area contributed by atoms with E-state index in [1.807, 2.05) is 18.2 Å². The standard InChI is InChI=1S/C18H24N2O/c1-17(2)11-7-8-18(17,3)15(9-11)20-10-13-12(16(20)21)5-4-6-14(13)19/h4-6,11,15H,7-10,19H2,1-3H3/t11-,15+,18?/m1/s1. The lowest BCUT2D eigenvalue weighted by atomic mass is 9.69. The highest BCUT2D eigenvalue weighted by Crippen LogP contribution is 2.67. The summed E-state index contributed by atoms with van der Waals surface area (Å²) in [7, 11) is 0. The summed E-state index contributed by atoms with van der Waals surface area (Å²) in [6, 6.07) is 6.09. The minimum Gasteiger partial charge on any atom is -0.398 e. The highest BCUT2D eigenvalue weighted by Gasteiger charge is 2.63. The van der Waals surface area contributed by atoms with Crippen molar-refractivity contribution in [3.8, 4) is 0 Å². The second-order valence-corrected chi connectivity index (χ2v) is 7.93. The lowest BCUT2D eigenvalue weighted by Crippen LogP contribution is -2.47. The van der Waals surface area contributed by atoms with Crippen molar-refractivity contribution in [1.82, 2.24) is 4.90 Å². The van der Waals surface area contributed by atoms with Gasteiger partial charge in [0.15, 0.2) is 0 Å². The summed E-state index contributed by atoms with van der Waals surface area (Å²) in [5, 5.41) is 0. The molecule has 1 heterocycles. The van der Waals surface area contributed by atoms with E-state index in [0.29, 0.717) is 18.0 Å². The van der Waals surface area contributed by atoms with Gasteiger partial charge in [-0.25, -0.2) is 0 Å². The van der Waals surface area contributed by atoms with Gasteiger partial charge in [0.25, 0.3) is 5.91 Å². The molecular formula is C18H24N2O. The molecule has 0 spiro atoms. The first-order chi connectivity index (χ1) is 9.86. The maximum Gasteiger partial charge on any atom is 0.254 e. The smallest absolute Gasteiger partial charge is 0.254 e. The molecule has 3 nitrogen and oxygen atoms in total. The molecule has 1 aromatic carbocycles. The molecule has 3 heteroatoms. The first-order valence-corrected chi connectivity index (χ1v) is 8.04. The fourth-order valence-corrected chi connectivity index (χ4v) is 5.26. The van der Waals surface area contributed by atoms with E-state index in [-0.39, 0.29) is 11.3 Å². The fraction of sp³-hybridized carbons (Fsp3) is 0.611. The molecule has 2 saturated carbocycles. The van der Waals surface area contributed by atoms with Crippen molar-refractivity contribution >= 4 is 11.6 Å². The van der Waals surface area contributed by atoms with Gasteiger partial charge in [0.1, 0.15) is 0 Å². The van der Waals surface area contributed by atoms with Gasteiger partial charge in [-0.3, -0.25) is 4.79 Å². The number of carbonyl (C=O) groups excluding carboxylic acids is 1. The Morgan fingerprint density at radius 1 is 1.29 bits per heavy atom. The topological polar surface area (TPSA) is 46.3 Å². The average Bonchev–Trinajstić information content (AvgIpc) is 2.95. The van der Waals surface area contributed by atoms with Crippen molar-refractivity contribution in [2.75, 3.05) is 5.73 Å². The quantitative estimate of drug-likeness (QED) is 0.803. The third kappa shape index (κ3) is 1.42. The van der Waals surface area contributed by atoms with Crippen molar-refractivity contribution in [1.29, 1.82) is 0 Å². The number of anilines is 1. The molecule has 1 aliphatic heterocycles. The molecular weight excluding hydrogens is 260 g/mol. The Bertz CT molecular complexity index is 636. The van der Waals surface area contributed by atoms with Crippen LogP contribution in [-0.4, -0.2) is 16.8 Å². The van der Waals surface area contributed by atoms with Crippen LogP contribution >= 0.6 is 0 Å². The highest BCUT2D eigenvalue weighted by atomic mass is 16.2. The minimum absolute atomic E-state index is 0.187. The summed E-state index contributed by atoms with van der Waals surface area (Å²) in [6.45, 7) is 7.88. The maximum absolute atomic E-state index is 12.8. The molecule has 2 bridgehead atoms. The summed E-state index contributed by atoms with van der Waals surface area (Å²) >= 11 is 0. The first-order valence-electron chi connectivity index (χ1n) is 8.04. The van der Waals surface area contributed by atoms with Gasteiger partial charge in [-0.05, 0) is 48.1 Å². The Morgan fingerprint density at radius 2 is 2.05 bits per heavy atom. The summed E-state index contributed by atoms with van der Waals surface area (Å²) in [5.74, 6) is 0.938. The number of nitrogen functional groups attached to an aromatic ring is 1. The predicted octanol–water partition coefficient (Wildman–Crippen LogP) is 3.44. The number of amides is 1. The van der Waals surface area contributed by atoms with E-state index in [0.717, 1.165) is 29.2 Å². The monoisotopic (exact) mass is 284 g/mol. The summed E-state index contributed by atoms with van der Waals surface area (Å²) in [4.78, 5) is 14.9. The van der Waals surface area contributed by atoms with E-state index in [1.165, 1.54) is 12.8 Å². The molecule has 112 valence electrons. The van der Waals surface area contributed by atoms with E-state index in [1.54, 1.807) is 0 Å². The van der Waals surface area contributed by atoms with Crippen LogP contribution in [-0.2, 0) is 6.54 Å². The van der Waals surface area contributed by atoms with Gasteiger partial charge in [0.05, 0.1) is 0 Å². The van der Waals surface area contributed by atoms with Gasteiger partial charge in [0, 0.05) is 29.4 Å². The Kier molecular flexibility index (Phi) is 2.40. The zero-order valence-corrected chi connectivity index (χ0v) is 13.1. The molecule has 1 amide bonds. The fourth-order valence-electron chi connectivity index (χ4n) is 5.26. The second-order valence-electron chi connectivity index (χ2n) is 7.93. The van der Waals surface area contributed by atoms with E-state index >= 15 is 0 Å². The first kappa shape index (κ1) is 13.2. The summed E-state index contributed by atoms with van der Waals surface area (Å²) < 4.78 is 0. The van der Waals surface area contributed by atoms with Gasteiger partial charge < -0.3 is 10.6 Å². The Balaban J connectivity index is 1.72. The van der Waals surface area contributed by atoms with Crippen molar-refractivity contribution < 1.29 is 4.79 Å². The molecule has 1 unspecified atom stereocenters. The molecule has 1 aromatic rings. The number of rotatable bonds is 1. The molecule has 2 fully saturated rings. The normalized spacial score (nSPS) is 36.3. The van der Waals surface area contributed by atoms with Crippen LogP contribution in [0.5, 0.6) is 0 Å². The Morgan fingerprint density at radius 3 is 2.62 bits per heavy atom. The zero-order valence-electron chi connectivity index (χ0n) is 13.1. The van der Waals surface area contributed by atoms with Gasteiger partial charge in [-0.2, -0.15) is 0 Å². The van der Waals surface area contributed by atoms with Crippen LogP contribution in [0.1, 0.15) is 56.0 Å². The van der Waals surface area contributed by atoms with Crippen molar-refractivity contribution in [3.05, 3.63) is 29.3 Å². The van der Waals surface area contributed by atoms with E-state index < -0.39 is 0 Å². The molecule has 2 N–H and O–H groups in total. The van der Waals surface area contributed by atoms with Crippen LogP contribution in [0.2, 0.25) is 0 Å². The van der Waals surface area contributed by atoms with Crippen LogP contribution in [0.15, 0.2) is 18.2 Å². The van der Waals surface area contributed by atoms with Gasteiger partial charge in [0.2, 0.25) is 0 Å². The third-order valence-corrected chi connectivity index (χ3v) is 7.16. The molecule has 3 aliphatic rings. The second kappa shape index (κ2) is 3.82. The summed E-state index contributed by atoms with van der Waals surface area (Å²) in [5.41, 5.74) is 9.26. The molecule has 0 aromatic heterocycles. The Labute approximate surface area is 126 Å². The lowest BCUT2D eigenvalue weighted by Gasteiger charge is -2.43. The predicted molar refractivity (Wildman–Crippen MR) is 83.7 cm³/mol. The molecule has 0 radical (unpaired) electrons. The van der Waals surface area contributed by atoms with Crippen LogP contribution in [0.25, 0.3) is 0 Å². The van der Waals surface area contributed by atoms with E-state index in [4.69, 9.17) is 5.73 Å². The molecule has 4 rings (SSSR count). The number of hydrogen-bond donors (Lipinski definition) is 1. The van der Waals surface area contributed by atoms with Crippen molar-refractivity contribution in [3.63, 3.8) is 0 Å². The number of fused-ring (bicyclic) bond motifs is 3. The number of hydrogen-bond acceptors (Lipinski definition) is 2. The van der Waals surface area contributed by atoms with Crippen molar-refractivity contribution in [2.24, 2.45) is 16.7 Å². The van der Waals surface area contributed by atoms with Crippen LogP contribution in [0, 0.1) is 16.7 Å². The number of carbonyl (C=O) groups is 1. The largest absolute Gasteiger partial charge is 0.398 e. The average molecular weight is 284 g/mol. The third-order valence-electron chi connectivity index (χ3n) is 7.16. The zero-order chi connectivity index (χ0) is 15.0. The highest BCUT2D eigenvalue weighted by molar-refractivity contribution is 6.00. The Hall–Kier alpha value is -1.51. The maximum atomic E-state index is 12.8. The van der Waals surface area contributed by atoms with Crippen molar-refractivity contribution in [2.45, 2.75) is 52.6 Å². The van der Waals surface area contributed by atoms with E-state index in [2.05, 4.69) is 25.7 Å². The molecule has 3 atom stereocenters. The molecule has 21 heavy (non-hydrogen) atoms. The molecule has 2 aliphatic carbocycles. The lowest BCUT2D eigenvalue weighted by molar-refractivity contribution is 0.0341. The van der Waals surface area contributed by atoms with Crippen LogP contribution < -0.4 is 5.73 Å². The van der Waals surface area contributed by atoms with Crippen LogP contribution in [0.4, 0.5) is 5.69 Å². The number of nitrogens with zero attached hydrogens (tertiary/aromatic N) is 1. The molecule has 0 saturated heterocycles. The van der Waals surface area contributed by atoms with Gasteiger partial charge in [-0.1, -0.05) is 26.8 Å². The van der Waals surface area contributed by atoms with E-state index in [9.17, 15) is 4.79 Å².